The molecule has 2 amide bonds. The van der Waals surface area contributed by atoms with E-state index in [4.69, 9.17) is 16.9 Å². The third-order valence-corrected chi connectivity index (χ3v) is 4.72. The lowest BCUT2D eigenvalue weighted by Gasteiger charge is -2.44. The van der Waals surface area contributed by atoms with E-state index >= 15 is 0 Å². The van der Waals surface area contributed by atoms with Crippen molar-refractivity contribution in [2.24, 2.45) is 10.9 Å². The summed E-state index contributed by atoms with van der Waals surface area (Å²) in [6, 6.07) is 3.84. The second-order valence-corrected chi connectivity index (χ2v) is 6.98. The molecule has 0 saturated carbocycles. The number of piperazine rings is 1. The first kappa shape index (κ1) is 20.8. The van der Waals surface area contributed by atoms with Gasteiger partial charge in [-0.2, -0.15) is 5.26 Å². The molecule has 1 unspecified atom stereocenters. The van der Waals surface area contributed by atoms with Gasteiger partial charge in [0.15, 0.2) is 0 Å². The Balaban J connectivity index is 2.24. The molecule has 7 nitrogen and oxygen atoms in total. The van der Waals surface area contributed by atoms with Gasteiger partial charge in [-0.3, -0.25) is 0 Å². The number of amides is 2. The second-order valence-electron chi connectivity index (χ2n) is 6.57. The standard InChI is InChI=1S/C18H24ClFN6O/c1-4-22-18(27)25-7-8-26(16(10-25)12(2)3)17(23-11-21)24-15-6-5-13(20)9-14(15)19/h5-6,9,12,16H,4,7-8,10H2,1-3H3,(H,22,27)(H,23,24). The van der Waals surface area contributed by atoms with Crippen LogP contribution in [-0.4, -0.2) is 54.0 Å². The summed E-state index contributed by atoms with van der Waals surface area (Å²) in [6.07, 6.45) is 1.80. The van der Waals surface area contributed by atoms with Crippen LogP contribution in [0.5, 0.6) is 0 Å². The normalized spacial score (nSPS) is 17.7. The molecule has 1 saturated heterocycles. The largest absolute Gasteiger partial charge is 0.338 e. The number of hydrogen-bond acceptors (Lipinski definition) is 3. The summed E-state index contributed by atoms with van der Waals surface area (Å²) >= 11 is 6.09. The smallest absolute Gasteiger partial charge is 0.317 e. The van der Waals surface area contributed by atoms with Crippen LogP contribution < -0.4 is 10.6 Å². The summed E-state index contributed by atoms with van der Waals surface area (Å²) < 4.78 is 13.3. The first-order valence-electron chi connectivity index (χ1n) is 8.85. The predicted molar refractivity (Wildman–Crippen MR) is 104 cm³/mol. The van der Waals surface area contributed by atoms with Crippen molar-refractivity contribution < 1.29 is 9.18 Å². The minimum Gasteiger partial charge on any atom is -0.338 e. The van der Waals surface area contributed by atoms with Crippen molar-refractivity contribution in [2.75, 3.05) is 31.5 Å². The number of nitriles is 1. The van der Waals surface area contributed by atoms with Crippen LogP contribution in [0.4, 0.5) is 14.9 Å². The van der Waals surface area contributed by atoms with Gasteiger partial charge < -0.3 is 20.4 Å². The lowest BCUT2D eigenvalue weighted by atomic mass is 10.00. The molecule has 0 bridgehead atoms. The van der Waals surface area contributed by atoms with E-state index in [9.17, 15) is 9.18 Å². The maximum atomic E-state index is 13.3. The number of carbonyl (C=O) groups is 1. The molecule has 1 aliphatic rings. The number of rotatable bonds is 3. The van der Waals surface area contributed by atoms with Crippen molar-refractivity contribution in [1.29, 1.82) is 5.26 Å². The van der Waals surface area contributed by atoms with E-state index in [1.165, 1.54) is 18.2 Å². The van der Waals surface area contributed by atoms with Crippen molar-refractivity contribution in [2.45, 2.75) is 26.8 Å². The lowest BCUT2D eigenvalue weighted by Crippen LogP contribution is -2.60. The number of carbonyl (C=O) groups excluding carboxylic acids is 1. The maximum absolute atomic E-state index is 13.3. The Labute approximate surface area is 163 Å². The van der Waals surface area contributed by atoms with E-state index in [2.05, 4.69) is 15.6 Å². The summed E-state index contributed by atoms with van der Waals surface area (Å²) in [5.41, 5.74) is 0.459. The molecule has 1 aliphatic heterocycles. The van der Waals surface area contributed by atoms with Gasteiger partial charge in [-0.25, -0.2) is 9.18 Å². The number of guanidine groups is 1. The van der Waals surface area contributed by atoms with Gasteiger partial charge in [-0.1, -0.05) is 25.4 Å². The number of urea groups is 1. The minimum absolute atomic E-state index is 0.0415. The summed E-state index contributed by atoms with van der Waals surface area (Å²) in [5.74, 6) is 0.0943. The molecule has 0 aliphatic carbocycles. The fourth-order valence-corrected chi connectivity index (χ4v) is 3.23. The first-order chi connectivity index (χ1) is 12.9. The van der Waals surface area contributed by atoms with Crippen LogP contribution in [0.15, 0.2) is 23.2 Å². The zero-order chi connectivity index (χ0) is 20.0. The molecule has 1 fully saturated rings. The first-order valence-corrected chi connectivity index (χ1v) is 9.23. The Bertz CT molecular complexity index is 748. The molecular formula is C18H24ClFN6O. The molecule has 27 heavy (non-hydrogen) atoms. The van der Waals surface area contributed by atoms with E-state index in [0.29, 0.717) is 37.8 Å². The Kier molecular flexibility index (Phi) is 7.25. The van der Waals surface area contributed by atoms with Crippen molar-refractivity contribution in [1.82, 2.24) is 15.1 Å². The average molecular weight is 395 g/mol. The van der Waals surface area contributed by atoms with Crippen molar-refractivity contribution >= 4 is 29.3 Å². The summed E-state index contributed by atoms with van der Waals surface area (Å²) in [4.78, 5) is 19.8. The highest BCUT2D eigenvalue weighted by Gasteiger charge is 2.33. The fourth-order valence-electron chi connectivity index (χ4n) is 3.01. The molecule has 2 N–H and O–H groups in total. The highest BCUT2D eigenvalue weighted by molar-refractivity contribution is 6.33. The summed E-state index contributed by atoms with van der Waals surface area (Å²) in [7, 11) is 0. The quantitative estimate of drug-likeness (QED) is 0.468. The molecule has 0 aromatic heterocycles. The van der Waals surface area contributed by atoms with Gasteiger partial charge >= 0.3 is 6.03 Å². The van der Waals surface area contributed by atoms with Gasteiger partial charge in [0.25, 0.3) is 0 Å². The van der Waals surface area contributed by atoms with Crippen LogP contribution in [0.2, 0.25) is 5.02 Å². The van der Waals surface area contributed by atoms with E-state index < -0.39 is 5.82 Å². The number of aliphatic imine (C=N–C) groups is 1. The van der Waals surface area contributed by atoms with Gasteiger partial charge in [-0.15, -0.1) is 4.99 Å². The van der Waals surface area contributed by atoms with Crippen LogP contribution in [-0.2, 0) is 0 Å². The molecular weight excluding hydrogens is 371 g/mol. The Hall–Kier alpha value is -2.53. The van der Waals surface area contributed by atoms with Crippen molar-refractivity contribution in [3.05, 3.63) is 29.0 Å². The second kappa shape index (κ2) is 9.42. The number of anilines is 1. The number of halogens is 2. The number of nitrogens with zero attached hydrogens (tertiary/aromatic N) is 4. The van der Waals surface area contributed by atoms with Gasteiger partial charge in [0.1, 0.15) is 5.82 Å². The van der Waals surface area contributed by atoms with Gasteiger partial charge in [0.2, 0.25) is 12.2 Å². The molecule has 0 spiro atoms. The van der Waals surface area contributed by atoms with E-state index in [-0.39, 0.29) is 23.0 Å². The predicted octanol–water partition coefficient (Wildman–Crippen LogP) is 3.10. The van der Waals surface area contributed by atoms with Crippen LogP contribution in [0.1, 0.15) is 20.8 Å². The number of benzene rings is 1. The molecule has 9 heteroatoms. The third-order valence-electron chi connectivity index (χ3n) is 4.41. The van der Waals surface area contributed by atoms with Gasteiger partial charge in [0, 0.05) is 26.2 Å². The average Bonchev–Trinajstić information content (AvgIpc) is 2.63. The van der Waals surface area contributed by atoms with Crippen molar-refractivity contribution in [3.8, 4) is 6.19 Å². The number of hydrogen-bond donors (Lipinski definition) is 2. The monoisotopic (exact) mass is 394 g/mol. The zero-order valence-corrected chi connectivity index (χ0v) is 16.4. The van der Waals surface area contributed by atoms with E-state index in [0.717, 1.165) is 0 Å². The Morgan fingerprint density at radius 1 is 1.48 bits per heavy atom. The molecule has 1 aromatic rings. The molecule has 2 rings (SSSR count). The molecule has 1 aromatic carbocycles. The maximum Gasteiger partial charge on any atom is 0.317 e. The zero-order valence-electron chi connectivity index (χ0n) is 15.7. The summed E-state index contributed by atoms with van der Waals surface area (Å²) in [5, 5.41) is 15.2. The van der Waals surface area contributed by atoms with Gasteiger partial charge in [0.05, 0.1) is 16.8 Å². The van der Waals surface area contributed by atoms with Crippen LogP contribution >= 0.6 is 11.6 Å². The molecule has 1 atom stereocenters. The summed E-state index contributed by atoms with van der Waals surface area (Å²) in [6.45, 7) is 8.05. The molecule has 0 radical (unpaired) electrons. The Morgan fingerprint density at radius 3 is 2.81 bits per heavy atom. The van der Waals surface area contributed by atoms with Gasteiger partial charge in [-0.05, 0) is 31.0 Å². The SMILES string of the molecule is CCNC(=O)N1CCN(/C(=N\C#N)Nc2ccc(F)cc2Cl)C(C(C)C)C1. The fraction of sp³-hybridized carbons (Fsp3) is 0.500. The molecule has 1 heterocycles. The lowest BCUT2D eigenvalue weighted by molar-refractivity contribution is 0.114. The number of nitrogens with one attached hydrogen (secondary N) is 2. The van der Waals surface area contributed by atoms with Crippen LogP contribution in [0, 0.1) is 23.2 Å². The molecule has 146 valence electrons. The van der Waals surface area contributed by atoms with Crippen LogP contribution in [0.3, 0.4) is 0 Å². The topological polar surface area (TPSA) is 83.8 Å². The van der Waals surface area contributed by atoms with Crippen LogP contribution in [0.25, 0.3) is 0 Å². The van der Waals surface area contributed by atoms with E-state index in [1.54, 1.807) is 11.1 Å². The Morgan fingerprint density at radius 2 is 2.22 bits per heavy atom. The van der Waals surface area contributed by atoms with Crippen molar-refractivity contribution in [3.63, 3.8) is 0 Å². The highest BCUT2D eigenvalue weighted by Crippen LogP contribution is 2.24. The third kappa shape index (κ3) is 5.23. The highest BCUT2D eigenvalue weighted by atomic mass is 35.5. The van der Waals surface area contributed by atoms with E-state index in [1.807, 2.05) is 25.7 Å². The minimum atomic E-state index is -0.445.